The lowest BCUT2D eigenvalue weighted by Gasteiger charge is -2.34. The number of halogens is 1. The molecule has 1 atom stereocenters. The largest absolute Gasteiger partial charge is 0.396 e. The summed E-state index contributed by atoms with van der Waals surface area (Å²) < 4.78 is 0. The van der Waals surface area contributed by atoms with E-state index < -0.39 is 0 Å². The van der Waals surface area contributed by atoms with Gasteiger partial charge in [0.05, 0.1) is 0 Å². The summed E-state index contributed by atoms with van der Waals surface area (Å²) in [5.74, 6) is 0. The molecular weight excluding hydrogens is 439 g/mol. The van der Waals surface area contributed by atoms with Gasteiger partial charge in [-0.3, -0.25) is 0 Å². The van der Waals surface area contributed by atoms with E-state index in [4.69, 9.17) is 11.2 Å². The molecule has 0 bridgehead atoms. The quantitative estimate of drug-likeness (QED) is 0.0648. The zero-order chi connectivity index (χ0) is 23.6. The summed E-state index contributed by atoms with van der Waals surface area (Å²) in [7, 11) is 0.606. The van der Waals surface area contributed by atoms with Crippen LogP contribution in [0.3, 0.4) is 0 Å². The Kier molecular flexibility index (Phi) is 26.2. The predicted molar refractivity (Wildman–Crippen MR) is 144 cm³/mol. The number of hydrogen-bond acceptors (Lipinski definition) is 3. The molecule has 0 aromatic carbocycles. The molecule has 5 heteroatoms. The van der Waals surface area contributed by atoms with Crippen LogP contribution in [0.15, 0.2) is 12.2 Å². The van der Waals surface area contributed by atoms with Gasteiger partial charge in [0.25, 0.3) is 0 Å². The van der Waals surface area contributed by atoms with Gasteiger partial charge in [0.15, 0.2) is 0 Å². The fourth-order valence-electron chi connectivity index (χ4n) is 4.80. The van der Waals surface area contributed by atoms with E-state index in [0.29, 0.717) is 7.93 Å². The topological polar surface area (TPSA) is 60.7 Å². The molecule has 0 saturated heterocycles. The average Bonchev–Trinajstić information content (AvgIpc) is 2.81. The van der Waals surface area contributed by atoms with Crippen LogP contribution in [0.25, 0.3) is 0 Å². The van der Waals surface area contributed by atoms with Crippen molar-refractivity contribution in [2.45, 2.75) is 128 Å². The fraction of sp³-hybridized carbons (Fsp3) is 0.926. The van der Waals surface area contributed by atoms with E-state index in [1.54, 1.807) is 0 Å². The first-order valence-corrected chi connectivity index (χ1v) is 15.8. The van der Waals surface area contributed by atoms with Crippen molar-refractivity contribution in [1.82, 2.24) is 0 Å². The molecule has 32 heavy (non-hydrogen) atoms. The van der Waals surface area contributed by atoms with Crippen molar-refractivity contribution in [2.24, 2.45) is 5.41 Å². The number of unbranched alkanes of at least 4 members (excludes halogenated alkanes) is 11. The van der Waals surface area contributed by atoms with Crippen LogP contribution in [0.5, 0.6) is 0 Å². The summed E-state index contributed by atoms with van der Waals surface area (Å²) in [6.07, 6.45) is 29.6. The molecule has 0 radical (unpaired) electrons. The lowest BCUT2D eigenvalue weighted by Crippen LogP contribution is -2.23. The Morgan fingerprint density at radius 1 is 0.500 bits per heavy atom. The molecule has 3 nitrogen and oxygen atoms in total. The second-order valence-electron chi connectivity index (χ2n) is 9.55. The zero-order valence-corrected chi connectivity index (χ0v) is 22.6. The first-order chi connectivity index (χ1) is 15.7. The maximum absolute atomic E-state index is 9.29. The van der Waals surface area contributed by atoms with Gasteiger partial charge in [-0.15, -0.1) is 11.2 Å². The van der Waals surface area contributed by atoms with Gasteiger partial charge in [0.1, 0.15) is 0 Å². The van der Waals surface area contributed by atoms with Gasteiger partial charge in [-0.05, 0) is 96.6 Å². The molecule has 0 rings (SSSR count). The van der Waals surface area contributed by atoms with Crippen LogP contribution in [0.2, 0.25) is 0 Å². The highest BCUT2D eigenvalue weighted by atomic mass is 35.7. The molecule has 0 aliphatic rings. The molecule has 0 aliphatic heterocycles. The SMILES string of the molecule is OCCCC(CCCO)(CCCO)CCCCCCC/C=C\CCCCCCCCPCl. The van der Waals surface area contributed by atoms with E-state index in [1.807, 2.05) is 0 Å². The van der Waals surface area contributed by atoms with E-state index in [-0.39, 0.29) is 25.2 Å². The zero-order valence-electron chi connectivity index (χ0n) is 20.8. The van der Waals surface area contributed by atoms with Crippen molar-refractivity contribution in [3.05, 3.63) is 12.2 Å². The van der Waals surface area contributed by atoms with Crippen LogP contribution in [-0.4, -0.2) is 41.3 Å². The van der Waals surface area contributed by atoms with E-state index >= 15 is 0 Å². The van der Waals surface area contributed by atoms with Crippen LogP contribution < -0.4 is 0 Å². The Hall–Kier alpha value is 0.340. The predicted octanol–water partition coefficient (Wildman–Crippen LogP) is 8.14. The molecule has 0 aromatic rings. The third-order valence-electron chi connectivity index (χ3n) is 6.73. The van der Waals surface area contributed by atoms with Crippen molar-refractivity contribution in [1.29, 1.82) is 0 Å². The molecule has 0 heterocycles. The Morgan fingerprint density at radius 3 is 1.31 bits per heavy atom. The Morgan fingerprint density at radius 2 is 0.875 bits per heavy atom. The first-order valence-electron chi connectivity index (χ1n) is 13.6. The third kappa shape index (κ3) is 20.9. The van der Waals surface area contributed by atoms with Crippen molar-refractivity contribution in [2.75, 3.05) is 26.0 Å². The van der Waals surface area contributed by atoms with Crippen LogP contribution in [0, 0.1) is 5.41 Å². The van der Waals surface area contributed by atoms with Crippen LogP contribution in [-0.2, 0) is 0 Å². The molecule has 0 saturated carbocycles. The molecule has 0 amide bonds. The summed E-state index contributed by atoms with van der Waals surface area (Å²) in [4.78, 5) is 0. The summed E-state index contributed by atoms with van der Waals surface area (Å²) in [5, 5.41) is 27.9. The number of aliphatic hydroxyl groups excluding tert-OH is 3. The lowest BCUT2D eigenvalue weighted by molar-refractivity contribution is 0.133. The highest BCUT2D eigenvalue weighted by molar-refractivity contribution is 7.68. The second-order valence-corrected chi connectivity index (χ2v) is 11.1. The monoisotopic (exact) mass is 492 g/mol. The maximum Gasteiger partial charge on any atom is 0.0431 e. The lowest BCUT2D eigenvalue weighted by atomic mass is 9.72. The van der Waals surface area contributed by atoms with Gasteiger partial charge in [0.2, 0.25) is 0 Å². The molecule has 0 aromatic heterocycles. The molecule has 192 valence electrons. The van der Waals surface area contributed by atoms with Gasteiger partial charge < -0.3 is 15.3 Å². The molecule has 1 unspecified atom stereocenters. The van der Waals surface area contributed by atoms with Crippen molar-refractivity contribution in [3.63, 3.8) is 0 Å². The van der Waals surface area contributed by atoms with Gasteiger partial charge in [0, 0.05) is 19.8 Å². The normalized spacial score (nSPS) is 12.6. The van der Waals surface area contributed by atoms with Crippen molar-refractivity contribution in [3.8, 4) is 0 Å². The highest BCUT2D eigenvalue weighted by Gasteiger charge is 2.28. The summed E-state index contributed by atoms with van der Waals surface area (Å²) in [6.45, 7) is 0.717. The van der Waals surface area contributed by atoms with Crippen molar-refractivity contribution >= 4 is 19.2 Å². The van der Waals surface area contributed by atoms with Crippen LogP contribution >= 0.6 is 19.2 Å². The molecule has 0 spiro atoms. The smallest absolute Gasteiger partial charge is 0.0431 e. The van der Waals surface area contributed by atoms with Gasteiger partial charge in [-0.2, -0.15) is 0 Å². The summed E-state index contributed by atoms with van der Waals surface area (Å²) >= 11 is 5.73. The number of aliphatic hydroxyl groups is 3. The standard InChI is InChI=1S/C27H54ClO3P/c28-32-26-15-13-11-9-7-5-3-1-2-4-6-8-10-12-14-19-27(20-16-23-29,21-17-24-30)22-18-25-31/h1-2,29-32H,3-26H2/b2-1-. The average molecular weight is 493 g/mol. The number of rotatable bonds is 26. The van der Waals surface area contributed by atoms with E-state index in [0.717, 1.165) is 38.5 Å². The molecule has 0 fully saturated rings. The number of allylic oxidation sites excluding steroid dienone is 2. The van der Waals surface area contributed by atoms with Gasteiger partial charge >= 0.3 is 0 Å². The Balaban J connectivity index is 3.77. The Labute approximate surface area is 206 Å². The maximum atomic E-state index is 9.29. The minimum Gasteiger partial charge on any atom is -0.396 e. The van der Waals surface area contributed by atoms with Crippen LogP contribution in [0.4, 0.5) is 0 Å². The second kappa shape index (κ2) is 26.0. The number of hydrogen-bond donors (Lipinski definition) is 3. The van der Waals surface area contributed by atoms with Crippen molar-refractivity contribution < 1.29 is 15.3 Å². The molecule has 0 aliphatic carbocycles. The summed E-state index contributed by atoms with van der Waals surface area (Å²) in [6, 6.07) is 0. The van der Waals surface area contributed by atoms with E-state index in [2.05, 4.69) is 12.2 Å². The fourth-order valence-corrected chi connectivity index (χ4v) is 5.59. The third-order valence-corrected chi connectivity index (χ3v) is 7.84. The summed E-state index contributed by atoms with van der Waals surface area (Å²) in [5.41, 5.74) is 0.196. The van der Waals surface area contributed by atoms with Gasteiger partial charge in [-0.1, -0.05) is 63.5 Å². The van der Waals surface area contributed by atoms with E-state index in [9.17, 15) is 15.3 Å². The van der Waals surface area contributed by atoms with Gasteiger partial charge in [-0.25, -0.2) is 0 Å². The van der Waals surface area contributed by atoms with E-state index in [1.165, 1.54) is 96.1 Å². The first kappa shape index (κ1) is 32.3. The Bertz CT molecular complexity index is 371. The molecular formula is C27H54ClO3P. The van der Waals surface area contributed by atoms with Crippen LogP contribution in [0.1, 0.15) is 128 Å². The minimum absolute atomic E-state index is 0.196. The molecule has 3 N–H and O–H groups in total. The highest BCUT2D eigenvalue weighted by Crippen LogP contribution is 2.40. The minimum atomic E-state index is 0.196.